The molecule has 284 valence electrons. The zero-order valence-corrected chi connectivity index (χ0v) is 32.8. The van der Waals surface area contributed by atoms with E-state index in [2.05, 4.69) is 191 Å². The fourth-order valence-electron chi connectivity index (χ4n) is 9.62. The van der Waals surface area contributed by atoms with Crippen LogP contribution < -0.4 is 0 Å². The lowest BCUT2D eigenvalue weighted by atomic mass is 10.0. The van der Waals surface area contributed by atoms with Crippen LogP contribution in [0.4, 0.5) is 0 Å². The molecule has 0 unspecified atom stereocenters. The SMILES string of the molecule is c1ccc(-c2cccc(-n3c4ccc5c6ccccc6oc5c4c4c5c6ccccc6n(-c6ccc(-c7nc(-c8ccccc8)c8ccccc8n7)cc6)c5ccc43)c2)cc1. The van der Waals surface area contributed by atoms with Crippen molar-refractivity contribution < 1.29 is 4.42 Å². The van der Waals surface area contributed by atoms with Crippen molar-refractivity contribution in [2.75, 3.05) is 0 Å². The Hall–Kier alpha value is -8.28. The van der Waals surface area contributed by atoms with Crippen molar-refractivity contribution in [2.24, 2.45) is 0 Å². The van der Waals surface area contributed by atoms with Gasteiger partial charge in [0, 0.05) is 54.8 Å². The number of aromatic nitrogens is 4. The number of rotatable bonds is 5. The number of nitrogens with zero attached hydrogens (tertiary/aromatic N) is 4. The lowest BCUT2D eigenvalue weighted by Crippen LogP contribution is -1.97. The van der Waals surface area contributed by atoms with Gasteiger partial charge < -0.3 is 13.6 Å². The monoisotopic (exact) mass is 778 g/mol. The first-order valence-corrected chi connectivity index (χ1v) is 20.7. The molecule has 0 fully saturated rings. The Labute approximate surface area is 350 Å². The van der Waals surface area contributed by atoms with Crippen LogP contribution in [0.3, 0.4) is 0 Å². The summed E-state index contributed by atoms with van der Waals surface area (Å²) in [6, 6.07) is 73.0. The summed E-state index contributed by atoms with van der Waals surface area (Å²) in [4.78, 5) is 10.2. The average Bonchev–Trinajstić information content (AvgIpc) is 3.99. The van der Waals surface area contributed by atoms with Gasteiger partial charge in [-0.05, 0) is 90.0 Å². The highest BCUT2D eigenvalue weighted by molar-refractivity contribution is 6.34. The Morgan fingerprint density at radius 2 is 0.967 bits per heavy atom. The molecule has 0 bridgehead atoms. The van der Waals surface area contributed by atoms with Crippen molar-refractivity contribution in [3.8, 4) is 45.1 Å². The maximum Gasteiger partial charge on any atom is 0.160 e. The van der Waals surface area contributed by atoms with Gasteiger partial charge in [-0.25, -0.2) is 9.97 Å². The Morgan fingerprint density at radius 1 is 0.344 bits per heavy atom. The van der Waals surface area contributed by atoms with Gasteiger partial charge in [-0.1, -0.05) is 127 Å². The van der Waals surface area contributed by atoms with E-state index in [1.54, 1.807) is 0 Å². The maximum absolute atomic E-state index is 6.86. The molecule has 0 N–H and O–H groups in total. The van der Waals surface area contributed by atoms with E-state index in [0.717, 1.165) is 88.5 Å². The van der Waals surface area contributed by atoms with Crippen LogP contribution in [0.15, 0.2) is 211 Å². The summed E-state index contributed by atoms with van der Waals surface area (Å²) in [7, 11) is 0. The molecule has 61 heavy (non-hydrogen) atoms. The molecule has 0 atom stereocenters. The third-order valence-corrected chi connectivity index (χ3v) is 12.3. The predicted octanol–water partition coefficient (Wildman–Crippen LogP) is 14.7. The van der Waals surface area contributed by atoms with Crippen molar-refractivity contribution in [2.45, 2.75) is 0 Å². The molecule has 0 saturated heterocycles. The summed E-state index contributed by atoms with van der Waals surface area (Å²) in [5.74, 6) is 0.701. The number of hydrogen-bond acceptors (Lipinski definition) is 3. The predicted molar refractivity (Wildman–Crippen MR) is 252 cm³/mol. The van der Waals surface area contributed by atoms with E-state index >= 15 is 0 Å². The molecule has 0 radical (unpaired) electrons. The third kappa shape index (κ3) is 5.08. The Balaban J connectivity index is 1.06. The van der Waals surface area contributed by atoms with E-state index in [1.165, 1.54) is 27.3 Å². The maximum atomic E-state index is 6.86. The third-order valence-electron chi connectivity index (χ3n) is 12.3. The molecule has 9 aromatic carbocycles. The van der Waals surface area contributed by atoms with Gasteiger partial charge in [0.15, 0.2) is 5.82 Å². The summed E-state index contributed by atoms with van der Waals surface area (Å²) in [6.45, 7) is 0. The summed E-state index contributed by atoms with van der Waals surface area (Å²) in [5.41, 5.74) is 14.7. The molecule has 5 heteroatoms. The molecular weight excluding hydrogens is 745 g/mol. The zero-order chi connectivity index (χ0) is 40.0. The van der Waals surface area contributed by atoms with E-state index < -0.39 is 0 Å². The lowest BCUT2D eigenvalue weighted by Gasteiger charge is -2.12. The second-order valence-electron chi connectivity index (χ2n) is 15.7. The molecular formula is C56H34N4O. The van der Waals surface area contributed by atoms with Gasteiger partial charge in [-0.15, -0.1) is 0 Å². The van der Waals surface area contributed by atoms with Gasteiger partial charge >= 0.3 is 0 Å². The highest BCUT2D eigenvalue weighted by Gasteiger charge is 2.24. The second kappa shape index (κ2) is 13.1. The molecule has 0 aliphatic rings. The average molecular weight is 779 g/mol. The van der Waals surface area contributed by atoms with Crippen molar-refractivity contribution in [1.29, 1.82) is 0 Å². The van der Waals surface area contributed by atoms with E-state index in [0.29, 0.717) is 5.82 Å². The fourth-order valence-corrected chi connectivity index (χ4v) is 9.62. The zero-order valence-electron chi connectivity index (χ0n) is 32.8. The van der Waals surface area contributed by atoms with Gasteiger partial charge in [0.2, 0.25) is 0 Å². The number of fused-ring (bicyclic) bond motifs is 12. The van der Waals surface area contributed by atoms with E-state index in [4.69, 9.17) is 14.4 Å². The van der Waals surface area contributed by atoms with Crippen LogP contribution >= 0.6 is 0 Å². The van der Waals surface area contributed by atoms with Crippen LogP contribution in [0.25, 0.3) is 122 Å². The highest BCUT2D eigenvalue weighted by atomic mass is 16.3. The van der Waals surface area contributed by atoms with Crippen LogP contribution in [0.1, 0.15) is 0 Å². The first-order valence-electron chi connectivity index (χ1n) is 20.7. The normalized spacial score (nSPS) is 11.9. The molecule has 0 saturated carbocycles. The molecule has 4 aromatic heterocycles. The Kier molecular flexibility index (Phi) is 7.24. The van der Waals surface area contributed by atoms with Gasteiger partial charge in [-0.2, -0.15) is 0 Å². The standard InChI is InChI=1S/C56H34N4O/c1-3-14-35(15-4-1)38-18-13-19-40(34-38)60-48-33-32-47-51(52(48)53-49(60)31-30-42-41-20-9-12-25-50(41)61-55(42)53)44-22-8-11-24-46(44)59(47)39-28-26-37(27-29-39)56-57-45-23-10-7-21-43(45)54(58-56)36-16-5-2-6-17-36/h1-34H. The first-order chi connectivity index (χ1) is 30.3. The molecule has 0 aliphatic carbocycles. The minimum Gasteiger partial charge on any atom is -0.455 e. The molecule has 0 amide bonds. The topological polar surface area (TPSA) is 48.8 Å². The molecule has 5 nitrogen and oxygen atoms in total. The first kappa shape index (κ1) is 33.7. The lowest BCUT2D eigenvalue weighted by molar-refractivity contribution is 0.673. The summed E-state index contributed by atoms with van der Waals surface area (Å²) >= 11 is 0. The van der Waals surface area contributed by atoms with Crippen LogP contribution in [0.5, 0.6) is 0 Å². The minimum absolute atomic E-state index is 0.701. The van der Waals surface area contributed by atoms with E-state index in [1.807, 2.05) is 24.3 Å². The van der Waals surface area contributed by atoms with Crippen molar-refractivity contribution >= 4 is 76.5 Å². The number of furan rings is 1. The molecule has 13 rings (SSSR count). The molecule has 4 heterocycles. The van der Waals surface area contributed by atoms with Crippen molar-refractivity contribution in [1.82, 2.24) is 19.1 Å². The van der Waals surface area contributed by atoms with Crippen molar-refractivity contribution in [3.63, 3.8) is 0 Å². The Bertz CT molecular complexity index is 3860. The number of benzene rings is 9. The van der Waals surface area contributed by atoms with Gasteiger partial charge in [0.25, 0.3) is 0 Å². The van der Waals surface area contributed by atoms with Crippen LogP contribution in [0.2, 0.25) is 0 Å². The summed E-state index contributed by atoms with van der Waals surface area (Å²) < 4.78 is 11.7. The van der Waals surface area contributed by atoms with Gasteiger partial charge in [-0.3, -0.25) is 0 Å². The summed E-state index contributed by atoms with van der Waals surface area (Å²) in [6.07, 6.45) is 0. The summed E-state index contributed by atoms with van der Waals surface area (Å²) in [5, 5.41) is 7.93. The number of hydrogen-bond donors (Lipinski definition) is 0. The molecule has 13 aromatic rings. The quantitative estimate of drug-likeness (QED) is 0.175. The van der Waals surface area contributed by atoms with Crippen LogP contribution in [-0.4, -0.2) is 19.1 Å². The van der Waals surface area contributed by atoms with E-state index in [9.17, 15) is 0 Å². The largest absolute Gasteiger partial charge is 0.455 e. The second-order valence-corrected chi connectivity index (χ2v) is 15.7. The molecule has 0 spiro atoms. The van der Waals surface area contributed by atoms with Gasteiger partial charge in [0.1, 0.15) is 11.2 Å². The van der Waals surface area contributed by atoms with Gasteiger partial charge in [0.05, 0.1) is 38.7 Å². The smallest absolute Gasteiger partial charge is 0.160 e. The van der Waals surface area contributed by atoms with Crippen molar-refractivity contribution in [3.05, 3.63) is 206 Å². The highest BCUT2D eigenvalue weighted by Crippen LogP contribution is 2.46. The number of para-hydroxylation sites is 3. The molecule has 0 aliphatic heterocycles. The van der Waals surface area contributed by atoms with Crippen LogP contribution in [-0.2, 0) is 0 Å². The Morgan fingerprint density at radius 3 is 1.79 bits per heavy atom. The van der Waals surface area contributed by atoms with E-state index in [-0.39, 0.29) is 0 Å². The fraction of sp³-hybridized carbons (Fsp3) is 0. The van der Waals surface area contributed by atoms with Crippen LogP contribution in [0, 0.1) is 0 Å². The minimum atomic E-state index is 0.701.